The average Bonchev–Trinajstić information content (AvgIpc) is 2.35. The molecule has 0 fully saturated rings. The molecular weight excluding hydrogens is 276 g/mol. The van der Waals surface area contributed by atoms with E-state index in [1.807, 2.05) is 39.0 Å². The lowest BCUT2D eigenvalue weighted by molar-refractivity contribution is -0.121. The molecule has 1 aromatic rings. The van der Waals surface area contributed by atoms with Crippen LogP contribution < -0.4 is 15.8 Å². The zero-order valence-electron chi connectivity index (χ0n) is 12.4. The van der Waals surface area contributed by atoms with Gasteiger partial charge in [-0.15, -0.1) is 12.4 Å². The van der Waals surface area contributed by atoms with E-state index in [1.165, 1.54) is 0 Å². The molecule has 0 aromatic heterocycles. The number of amides is 1. The lowest BCUT2D eigenvalue weighted by Crippen LogP contribution is -2.25. The molecule has 0 radical (unpaired) electrons. The first kappa shape index (κ1) is 18.7. The van der Waals surface area contributed by atoms with Crippen molar-refractivity contribution >= 4 is 18.3 Å². The lowest BCUT2D eigenvalue weighted by Gasteiger charge is -2.12. The van der Waals surface area contributed by atoms with Crippen molar-refractivity contribution in [3.63, 3.8) is 0 Å². The fourth-order valence-corrected chi connectivity index (χ4v) is 1.74. The number of hydrogen-bond donors (Lipinski definition) is 2. The number of ether oxygens (including phenoxy) is 1. The minimum Gasteiger partial charge on any atom is -0.494 e. The number of rotatable bonds is 7. The molecule has 1 amide bonds. The van der Waals surface area contributed by atoms with Crippen LogP contribution in [-0.4, -0.2) is 18.6 Å². The van der Waals surface area contributed by atoms with Gasteiger partial charge in [0.1, 0.15) is 5.75 Å². The molecule has 0 aliphatic heterocycles. The zero-order valence-corrected chi connectivity index (χ0v) is 13.3. The van der Waals surface area contributed by atoms with Crippen LogP contribution in [0.15, 0.2) is 18.2 Å². The van der Waals surface area contributed by atoms with E-state index in [9.17, 15) is 4.79 Å². The van der Waals surface area contributed by atoms with Crippen LogP contribution in [0, 0.1) is 6.92 Å². The molecule has 0 saturated heterocycles. The molecule has 1 aromatic carbocycles. The Morgan fingerprint density at radius 2 is 2.15 bits per heavy atom. The van der Waals surface area contributed by atoms with Gasteiger partial charge >= 0.3 is 0 Å². The minimum atomic E-state index is 0. The Hall–Kier alpha value is -1.26. The Bertz CT molecular complexity index is 422. The maximum atomic E-state index is 11.6. The first-order valence-corrected chi connectivity index (χ1v) is 6.77. The molecule has 1 rings (SSSR count). The summed E-state index contributed by atoms with van der Waals surface area (Å²) in [6.45, 7) is 6.99. The van der Waals surface area contributed by atoms with Crippen LogP contribution in [0.2, 0.25) is 0 Å². The highest BCUT2D eigenvalue weighted by molar-refractivity contribution is 5.85. The van der Waals surface area contributed by atoms with Crippen LogP contribution >= 0.6 is 12.4 Å². The number of nitrogens with two attached hydrogens (primary N) is 1. The molecule has 0 saturated carbocycles. The van der Waals surface area contributed by atoms with E-state index in [1.54, 1.807) is 0 Å². The van der Waals surface area contributed by atoms with Gasteiger partial charge in [0.2, 0.25) is 5.91 Å². The summed E-state index contributed by atoms with van der Waals surface area (Å²) in [6.07, 6.45) is 1.17. The fraction of sp³-hybridized carbons (Fsp3) is 0.533. The summed E-state index contributed by atoms with van der Waals surface area (Å²) in [7, 11) is 0. The van der Waals surface area contributed by atoms with Gasteiger partial charge in [-0.05, 0) is 38.8 Å². The fourth-order valence-electron chi connectivity index (χ4n) is 1.74. The van der Waals surface area contributed by atoms with Crippen LogP contribution in [0.3, 0.4) is 0 Å². The molecule has 0 aliphatic carbocycles. The van der Waals surface area contributed by atoms with E-state index in [0.717, 1.165) is 16.9 Å². The molecule has 0 heterocycles. The van der Waals surface area contributed by atoms with Gasteiger partial charge in [-0.1, -0.05) is 12.1 Å². The summed E-state index contributed by atoms with van der Waals surface area (Å²) in [6, 6.07) is 6.06. The number of carbonyl (C=O) groups excluding carboxylic acids is 1. The molecule has 0 bridgehead atoms. The summed E-state index contributed by atoms with van der Waals surface area (Å²) in [4.78, 5) is 11.6. The van der Waals surface area contributed by atoms with Crippen molar-refractivity contribution in [1.29, 1.82) is 0 Å². The highest BCUT2D eigenvalue weighted by Gasteiger charge is 2.07. The maximum Gasteiger partial charge on any atom is 0.220 e. The summed E-state index contributed by atoms with van der Waals surface area (Å²) in [5, 5.41) is 2.90. The van der Waals surface area contributed by atoms with Crippen molar-refractivity contribution < 1.29 is 9.53 Å². The van der Waals surface area contributed by atoms with Crippen molar-refractivity contribution in [1.82, 2.24) is 5.32 Å². The Balaban J connectivity index is 0.00000361. The summed E-state index contributed by atoms with van der Waals surface area (Å²) in [5.74, 6) is 0.871. The van der Waals surface area contributed by atoms with E-state index in [2.05, 4.69) is 5.32 Å². The van der Waals surface area contributed by atoms with Gasteiger partial charge in [0.25, 0.3) is 0 Å². The second-order valence-corrected chi connectivity index (χ2v) is 4.84. The predicted molar refractivity (Wildman–Crippen MR) is 84.3 cm³/mol. The summed E-state index contributed by atoms with van der Waals surface area (Å²) >= 11 is 0. The number of benzene rings is 1. The standard InChI is InChI=1S/C15H24N2O2.ClH/c1-4-19-14-9-11(2)5-7-13(14)10-17-15(18)8-6-12(3)16;/h5,7,9,12H,4,6,8,10,16H2,1-3H3,(H,17,18);1H. The van der Waals surface area contributed by atoms with Gasteiger partial charge < -0.3 is 15.8 Å². The minimum absolute atomic E-state index is 0. The SMILES string of the molecule is CCOc1cc(C)ccc1CNC(=O)CCC(C)N.Cl. The molecule has 0 spiro atoms. The second kappa shape index (κ2) is 9.61. The van der Waals surface area contributed by atoms with Crippen LogP contribution in [0.5, 0.6) is 5.75 Å². The van der Waals surface area contributed by atoms with E-state index in [0.29, 0.717) is 26.0 Å². The first-order chi connectivity index (χ1) is 9.02. The highest BCUT2D eigenvalue weighted by atomic mass is 35.5. The molecule has 114 valence electrons. The van der Waals surface area contributed by atoms with Crippen LogP contribution in [0.25, 0.3) is 0 Å². The van der Waals surface area contributed by atoms with E-state index in [4.69, 9.17) is 10.5 Å². The summed E-state index contributed by atoms with van der Waals surface area (Å²) < 4.78 is 5.58. The molecule has 0 aliphatic rings. The third-order valence-corrected chi connectivity index (χ3v) is 2.83. The molecule has 20 heavy (non-hydrogen) atoms. The Kier molecular flexibility index (Phi) is 9.01. The van der Waals surface area contributed by atoms with Gasteiger partial charge in [0.05, 0.1) is 6.61 Å². The van der Waals surface area contributed by atoms with Crippen molar-refractivity contribution in [3.8, 4) is 5.75 Å². The van der Waals surface area contributed by atoms with Gasteiger partial charge in [0, 0.05) is 24.6 Å². The largest absolute Gasteiger partial charge is 0.494 e. The van der Waals surface area contributed by atoms with Gasteiger partial charge in [-0.2, -0.15) is 0 Å². The summed E-state index contributed by atoms with van der Waals surface area (Å²) in [5.41, 5.74) is 7.78. The Labute approximate surface area is 127 Å². The van der Waals surface area contributed by atoms with Crippen LogP contribution in [-0.2, 0) is 11.3 Å². The van der Waals surface area contributed by atoms with Crippen molar-refractivity contribution in [2.45, 2.75) is 46.2 Å². The highest BCUT2D eigenvalue weighted by Crippen LogP contribution is 2.20. The van der Waals surface area contributed by atoms with Crippen LogP contribution in [0.4, 0.5) is 0 Å². The third-order valence-electron chi connectivity index (χ3n) is 2.83. The quantitative estimate of drug-likeness (QED) is 0.813. The molecule has 3 N–H and O–H groups in total. The van der Waals surface area contributed by atoms with Gasteiger partial charge in [0.15, 0.2) is 0 Å². The first-order valence-electron chi connectivity index (χ1n) is 6.77. The third kappa shape index (κ3) is 6.78. The van der Waals surface area contributed by atoms with Gasteiger partial charge in [-0.3, -0.25) is 4.79 Å². The predicted octanol–water partition coefficient (Wildman–Crippen LogP) is 2.56. The van der Waals surface area contributed by atoms with E-state index in [-0.39, 0.29) is 24.4 Å². The smallest absolute Gasteiger partial charge is 0.220 e. The number of halogens is 1. The molecular formula is C15H25ClN2O2. The van der Waals surface area contributed by atoms with E-state index < -0.39 is 0 Å². The monoisotopic (exact) mass is 300 g/mol. The number of hydrogen-bond acceptors (Lipinski definition) is 3. The molecule has 5 heteroatoms. The Morgan fingerprint density at radius 1 is 1.45 bits per heavy atom. The second-order valence-electron chi connectivity index (χ2n) is 4.84. The average molecular weight is 301 g/mol. The normalized spacial score (nSPS) is 11.4. The van der Waals surface area contributed by atoms with Crippen molar-refractivity contribution in [2.75, 3.05) is 6.61 Å². The number of aryl methyl sites for hydroxylation is 1. The molecule has 1 atom stereocenters. The zero-order chi connectivity index (χ0) is 14.3. The maximum absolute atomic E-state index is 11.6. The van der Waals surface area contributed by atoms with Crippen molar-refractivity contribution in [2.24, 2.45) is 5.73 Å². The topological polar surface area (TPSA) is 64.3 Å². The van der Waals surface area contributed by atoms with Crippen LogP contribution in [0.1, 0.15) is 37.8 Å². The number of carbonyl (C=O) groups is 1. The van der Waals surface area contributed by atoms with Gasteiger partial charge in [-0.25, -0.2) is 0 Å². The lowest BCUT2D eigenvalue weighted by atomic mass is 10.1. The molecule has 1 unspecified atom stereocenters. The Morgan fingerprint density at radius 3 is 2.75 bits per heavy atom. The van der Waals surface area contributed by atoms with Crippen molar-refractivity contribution in [3.05, 3.63) is 29.3 Å². The number of nitrogens with one attached hydrogen (secondary N) is 1. The molecule has 4 nitrogen and oxygen atoms in total. The van der Waals surface area contributed by atoms with E-state index >= 15 is 0 Å².